The number of ether oxygens (including phenoxy) is 3. The van der Waals surface area contributed by atoms with Crippen molar-refractivity contribution in [3.63, 3.8) is 0 Å². The van der Waals surface area contributed by atoms with Crippen LogP contribution in [-0.4, -0.2) is 37.2 Å². The Balaban J connectivity index is 4.46. The Kier molecular flexibility index (Phi) is 50.0. The first-order valence-electron chi connectivity index (χ1n) is 26.7. The van der Waals surface area contributed by atoms with Crippen molar-refractivity contribution in [1.29, 1.82) is 0 Å². The monoisotopic (exact) mass is 903 g/mol. The van der Waals surface area contributed by atoms with Gasteiger partial charge < -0.3 is 14.2 Å². The number of unbranched alkanes of at least 4 members (excludes halogenated alkanes) is 20. The maximum Gasteiger partial charge on any atom is 0.306 e. The van der Waals surface area contributed by atoms with Crippen molar-refractivity contribution in [2.45, 2.75) is 245 Å². The van der Waals surface area contributed by atoms with Crippen molar-refractivity contribution in [1.82, 2.24) is 0 Å². The van der Waals surface area contributed by atoms with Crippen LogP contribution in [0.2, 0.25) is 0 Å². The summed E-state index contributed by atoms with van der Waals surface area (Å²) in [5, 5.41) is 0. The van der Waals surface area contributed by atoms with Crippen molar-refractivity contribution in [2.24, 2.45) is 0 Å². The summed E-state index contributed by atoms with van der Waals surface area (Å²) >= 11 is 0. The summed E-state index contributed by atoms with van der Waals surface area (Å²) in [6, 6.07) is 0. The first-order chi connectivity index (χ1) is 32.0. The molecular weight excluding hydrogens is 805 g/mol. The average molecular weight is 903 g/mol. The van der Waals surface area contributed by atoms with Crippen LogP contribution in [0.25, 0.3) is 0 Å². The molecule has 0 aromatic heterocycles. The topological polar surface area (TPSA) is 78.9 Å². The fourth-order valence-electron chi connectivity index (χ4n) is 7.09. The molecule has 0 aromatic carbocycles. The Morgan fingerprint density at radius 1 is 0.323 bits per heavy atom. The molecule has 0 radical (unpaired) electrons. The van der Waals surface area contributed by atoms with Gasteiger partial charge >= 0.3 is 17.9 Å². The third kappa shape index (κ3) is 51.2. The number of rotatable bonds is 47. The molecule has 0 aromatic rings. The zero-order valence-corrected chi connectivity index (χ0v) is 42.2. The number of hydrogen-bond acceptors (Lipinski definition) is 6. The summed E-state index contributed by atoms with van der Waals surface area (Å²) in [5.41, 5.74) is 0. The van der Waals surface area contributed by atoms with Gasteiger partial charge in [-0.05, 0) is 116 Å². The Labute approximate surface area is 400 Å². The largest absolute Gasteiger partial charge is 0.462 e. The maximum atomic E-state index is 12.8. The van der Waals surface area contributed by atoms with Crippen LogP contribution in [0.4, 0.5) is 0 Å². The predicted octanol–water partition coefficient (Wildman–Crippen LogP) is 17.8. The second kappa shape index (κ2) is 52.9. The second-order valence-corrected chi connectivity index (χ2v) is 17.4. The van der Waals surface area contributed by atoms with E-state index in [9.17, 15) is 14.4 Å². The van der Waals surface area contributed by atoms with E-state index in [-0.39, 0.29) is 31.1 Å². The fourth-order valence-corrected chi connectivity index (χ4v) is 7.09. The van der Waals surface area contributed by atoms with Gasteiger partial charge in [0.1, 0.15) is 13.2 Å². The standard InChI is InChI=1S/C59H98O6/c1-4-7-10-13-16-19-22-25-27-29-31-34-37-40-43-46-49-52-58(61)64-55-56(54-63-57(60)51-48-45-42-39-36-33-24-21-18-15-12-9-6-3)65-59(62)53-50-47-44-41-38-35-32-30-28-26-23-20-17-14-11-8-5-2/h7-8,10-11,16-17,19-21,24-28,31,34,56H,4-6,9,12-15,18,22-23,29-30,32-33,35-55H2,1-3H3/b10-7-,11-8-,19-16-,20-17-,24-21-,27-25-,28-26-,34-31-. The molecule has 0 aliphatic heterocycles. The van der Waals surface area contributed by atoms with Gasteiger partial charge in [0.25, 0.3) is 0 Å². The molecule has 0 rings (SSSR count). The van der Waals surface area contributed by atoms with Gasteiger partial charge in [-0.2, -0.15) is 0 Å². The summed E-state index contributed by atoms with van der Waals surface area (Å²) in [7, 11) is 0. The van der Waals surface area contributed by atoms with E-state index in [1.807, 2.05) is 0 Å². The molecule has 0 heterocycles. The SMILES string of the molecule is CC/C=C\C/C=C\C/C=C\C/C=C\CCCCCCC(=O)OCC(COC(=O)CCCCCCC/C=C\CCCCCC)OC(=O)CCCCCCCCC/C=C\C/C=C\C/C=C\CC. The van der Waals surface area contributed by atoms with Crippen LogP contribution in [0.15, 0.2) is 97.2 Å². The summed E-state index contributed by atoms with van der Waals surface area (Å²) in [6.45, 7) is 6.36. The molecule has 1 unspecified atom stereocenters. The van der Waals surface area contributed by atoms with Gasteiger partial charge in [0, 0.05) is 19.3 Å². The van der Waals surface area contributed by atoms with E-state index >= 15 is 0 Å². The van der Waals surface area contributed by atoms with Crippen molar-refractivity contribution in [3.8, 4) is 0 Å². The van der Waals surface area contributed by atoms with Crippen LogP contribution >= 0.6 is 0 Å². The van der Waals surface area contributed by atoms with Gasteiger partial charge in [-0.3, -0.25) is 14.4 Å². The van der Waals surface area contributed by atoms with Crippen molar-refractivity contribution in [2.75, 3.05) is 13.2 Å². The molecule has 0 fully saturated rings. The third-order valence-electron chi connectivity index (χ3n) is 11.1. The minimum absolute atomic E-state index is 0.0948. The highest BCUT2D eigenvalue weighted by atomic mass is 16.6. The zero-order chi connectivity index (χ0) is 47.2. The molecule has 0 spiro atoms. The van der Waals surface area contributed by atoms with E-state index in [0.29, 0.717) is 19.3 Å². The van der Waals surface area contributed by atoms with Crippen molar-refractivity contribution in [3.05, 3.63) is 97.2 Å². The Hall–Kier alpha value is -3.67. The molecule has 0 amide bonds. The van der Waals surface area contributed by atoms with Crippen molar-refractivity contribution >= 4 is 17.9 Å². The Bertz CT molecular complexity index is 1310. The van der Waals surface area contributed by atoms with Crippen LogP contribution in [0.1, 0.15) is 239 Å². The molecule has 0 bridgehead atoms. The second-order valence-electron chi connectivity index (χ2n) is 17.4. The van der Waals surface area contributed by atoms with Crippen molar-refractivity contribution < 1.29 is 28.6 Å². The van der Waals surface area contributed by atoms with E-state index in [1.165, 1.54) is 70.6 Å². The van der Waals surface area contributed by atoms with E-state index in [1.54, 1.807) is 0 Å². The number of carbonyl (C=O) groups excluding carboxylic acids is 3. The lowest BCUT2D eigenvalue weighted by molar-refractivity contribution is -0.167. The smallest absolute Gasteiger partial charge is 0.306 e. The lowest BCUT2D eigenvalue weighted by atomic mass is 10.1. The van der Waals surface area contributed by atoms with E-state index in [4.69, 9.17) is 14.2 Å². The molecule has 0 aliphatic rings. The number of esters is 3. The molecule has 0 aliphatic carbocycles. The van der Waals surface area contributed by atoms with Gasteiger partial charge in [0.15, 0.2) is 6.10 Å². The minimum Gasteiger partial charge on any atom is -0.462 e. The van der Waals surface area contributed by atoms with Crippen LogP contribution in [0.5, 0.6) is 0 Å². The molecule has 1 atom stereocenters. The van der Waals surface area contributed by atoms with E-state index in [0.717, 1.165) is 128 Å². The average Bonchev–Trinajstić information content (AvgIpc) is 3.30. The summed E-state index contributed by atoms with van der Waals surface area (Å²) in [6.07, 6.45) is 69.6. The lowest BCUT2D eigenvalue weighted by Gasteiger charge is -2.18. The van der Waals surface area contributed by atoms with E-state index < -0.39 is 6.10 Å². The molecule has 0 saturated heterocycles. The van der Waals surface area contributed by atoms with Crippen LogP contribution in [0.3, 0.4) is 0 Å². The molecular formula is C59H98O6. The molecule has 0 N–H and O–H groups in total. The summed E-state index contributed by atoms with van der Waals surface area (Å²) < 4.78 is 16.8. The lowest BCUT2D eigenvalue weighted by Crippen LogP contribution is -2.30. The Morgan fingerprint density at radius 2 is 0.600 bits per heavy atom. The predicted molar refractivity (Wildman–Crippen MR) is 279 cm³/mol. The highest BCUT2D eigenvalue weighted by Gasteiger charge is 2.19. The van der Waals surface area contributed by atoms with Crippen LogP contribution < -0.4 is 0 Å². The molecule has 0 saturated carbocycles. The number of hydrogen-bond donors (Lipinski definition) is 0. The van der Waals surface area contributed by atoms with Gasteiger partial charge in [-0.15, -0.1) is 0 Å². The zero-order valence-electron chi connectivity index (χ0n) is 42.2. The van der Waals surface area contributed by atoms with Crippen LogP contribution in [0, 0.1) is 0 Å². The van der Waals surface area contributed by atoms with E-state index in [2.05, 4.69) is 118 Å². The fraction of sp³-hybridized carbons (Fsp3) is 0.678. The summed E-state index contributed by atoms with van der Waals surface area (Å²) in [5.74, 6) is -0.938. The molecule has 6 heteroatoms. The third-order valence-corrected chi connectivity index (χ3v) is 11.1. The van der Waals surface area contributed by atoms with Gasteiger partial charge in [-0.25, -0.2) is 0 Å². The first-order valence-corrected chi connectivity index (χ1v) is 26.7. The maximum absolute atomic E-state index is 12.8. The highest BCUT2D eigenvalue weighted by Crippen LogP contribution is 2.14. The molecule has 370 valence electrons. The molecule has 65 heavy (non-hydrogen) atoms. The van der Waals surface area contributed by atoms with Gasteiger partial charge in [-0.1, -0.05) is 201 Å². The van der Waals surface area contributed by atoms with Crippen LogP contribution in [-0.2, 0) is 28.6 Å². The summed E-state index contributed by atoms with van der Waals surface area (Å²) in [4.78, 5) is 38.1. The number of carbonyl (C=O) groups is 3. The first kappa shape index (κ1) is 61.3. The number of allylic oxidation sites excluding steroid dienone is 16. The minimum atomic E-state index is -0.797. The highest BCUT2D eigenvalue weighted by molar-refractivity contribution is 5.71. The Morgan fingerprint density at radius 3 is 0.954 bits per heavy atom. The quantitative estimate of drug-likeness (QED) is 0.0262. The normalized spacial score (nSPS) is 12.8. The van der Waals surface area contributed by atoms with Gasteiger partial charge in [0.05, 0.1) is 0 Å². The van der Waals surface area contributed by atoms with Gasteiger partial charge in [0.2, 0.25) is 0 Å². The molecule has 6 nitrogen and oxygen atoms in total.